The minimum Gasteiger partial charge on any atom is -0.435 e. The van der Waals surface area contributed by atoms with Crippen molar-refractivity contribution in [1.82, 2.24) is 14.9 Å². The summed E-state index contributed by atoms with van der Waals surface area (Å²) in [5, 5.41) is 3.30. The molecule has 9 heteroatoms. The minimum absolute atomic E-state index is 0.0505. The van der Waals surface area contributed by atoms with E-state index in [1.807, 2.05) is 0 Å². The number of aryl methyl sites for hydroxylation is 2. The Morgan fingerprint density at radius 1 is 1.30 bits per heavy atom. The van der Waals surface area contributed by atoms with Gasteiger partial charge in [-0.1, -0.05) is 12.1 Å². The third kappa shape index (κ3) is 3.82. The van der Waals surface area contributed by atoms with Crippen molar-refractivity contribution in [3.05, 3.63) is 57.0 Å². The Morgan fingerprint density at radius 2 is 1.96 bits per heavy atom. The second kappa shape index (κ2) is 7.43. The summed E-state index contributed by atoms with van der Waals surface area (Å²) in [5.74, 6) is -0.271. The SMILES string of the molecule is Cc1c(C(=O)NC(C)c2ccc(OC(F)F)cc2)sc2ncn(C)c(=O)c12. The fourth-order valence-corrected chi connectivity index (χ4v) is 3.75. The maximum absolute atomic E-state index is 12.7. The van der Waals surface area contributed by atoms with E-state index in [1.165, 1.54) is 23.0 Å². The maximum Gasteiger partial charge on any atom is 0.387 e. The van der Waals surface area contributed by atoms with Crippen LogP contribution in [0.2, 0.25) is 0 Å². The summed E-state index contributed by atoms with van der Waals surface area (Å²) in [5.41, 5.74) is 1.13. The van der Waals surface area contributed by atoms with Crippen molar-refractivity contribution in [3.63, 3.8) is 0 Å². The highest BCUT2D eigenvalue weighted by Crippen LogP contribution is 2.27. The second-order valence-corrected chi connectivity index (χ2v) is 7.04. The molecule has 27 heavy (non-hydrogen) atoms. The Hall–Kier alpha value is -2.81. The molecule has 1 N–H and O–H groups in total. The lowest BCUT2D eigenvalue weighted by molar-refractivity contribution is -0.0498. The molecular formula is C18H17F2N3O3S. The number of nitrogens with zero attached hydrogens (tertiary/aromatic N) is 2. The number of nitrogens with one attached hydrogen (secondary N) is 1. The molecule has 0 spiro atoms. The van der Waals surface area contributed by atoms with Crippen molar-refractivity contribution in [1.29, 1.82) is 0 Å². The molecule has 0 bridgehead atoms. The highest BCUT2D eigenvalue weighted by Gasteiger charge is 2.20. The standard InChI is InChI=1S/C18H17F2N3O3S/c1-9-13-16(21-8-23(3)17(13)25)27-14(9)15(24)22-10(2)11-4-6-12(7-5-11)26-18(19)20/h4-8,10,18H,1-3H3,(H,22,24). The van der Waals surface area contributed by atoms with Gasteiger partial charge in [0, 0.05) is 7.05 Å². The van der Waals surface area contributed by atoms with Gasteiger partial charge in [-0.15, -0.1) is 11.3 Å². The van der Waals surface area contributed by atoms with Gasteiger partial charge >= 0.3 is 6.61 Å². The van der Waals surface area contributed by atoms with Gasteiger partial charge in [0.25, 0.3) is 11.5 Å². The van der Waals surface area contributed by atoms with E-state index in [4.69, 9.17) is 0 Å². The molecule has 2 aromatic heterocycles. The number of ether oxygens (including phenoxy) is 1. The Kier molecular flexibility index (Phi) is 5.22. The number of thiophene rings is 1. The predicted molar refractivity (Wildman–Crippen MR) is 98.6 cm³/mol. The zero-order valence-corrected chi connectivity index (χ0v) is 15.6. The summed E-state index contributed by atoms with van der Waals surface area (Å²) in [6.45, 7) is 0.615. The van der Waals surface area contributed by atoms with Crippen LogP contribution in [-0.4, -0.2) is 22.1 Å². The van der Waals surface area contributed by atoms with E-state index in [0.29, 0.717) is 20.7 Å². The molecule has 0 radical (unpaired) electrons. The molecular weight excluding hydrogens is 376 g/mol. The van der Waals surface area contributed by atoms with E-state index < -0.39 is 6.61 Å². The number of alkyl halides is 2. The number of rotatable bonds is 5. The Bertz CT molecular complexity index is 1040. The average Bonchev–Trinajstić information content (AvgIpc) is 2.95. The Labute approximate surface area is 157 Å². The van der Waals surface area contributed by atoms with Crippen LogP contribution in [0.3, 0.4) is 0 Å². The molecule has 142 valence electrons. The summed E-state index contributed by atoms with van der Waals surface area (Å²) < 4.78 is 30.1. The number of carbonyl (C=O) groups is 1. The first-order valence-corrected chi connectivity index (χ1v) is 8.90. The number of amides is 1. The topological polar surface area (TPSA) is 73.2 Å². The van der Waals surface area contributed by atoms with E-state index in [-0.39, 0.29) is 23.3 Å². The van der Waals surface area contributed by atoms with Gasteiger partial charge in [0.05, 0.1) is 22.6 Å². The predicted octanol–water partition coefficient (Wildman–Crippen LogP) is 3.40. The first kappa shape index (κ1) is 19.0. The molecule has 1 atom stereocenters. The van der Waals surface area contributed by atoms with Gasteiger partial charge < -0.3 is 14.6 Å². The maximum atomic E-state index is 12.7. The molecule has 0 saturated heterocycles. The summed E-state index contributed by atoms with van der Waals surface area (Å²) in [4.78, 5) is 30.1. The fourth-order valence-electron chi connectivity index (χ4n) is 2.71. The van der Waals surface area contributed by atoms with Crippen LogP contribution in [0.4, 0.5) is 8.78 Å². The summed E-state index contributed by atoms with van der Waals surface area (Å²) >= 11 is 1.16. The Morgan fingerprint density at radius 3 is 2.59 bits per heavy atom. The number of aromatic nitrogens is 2. The largest absolute Gasteiger partial charge is 0.435 e. The van der Waals surface area contributed by atoms with Crippen molar-refractivity contribution in [3.8, 4) is 5.75 Å². The van der Waals surface area contributed by atoms with Gasteiger partial charge in [-0.05, 0) is 37.1 Å². The van der Waals surface area contributed by atoms with Crippen molar-refractivity contribution >= 4 is 27.5 Å². The van der Waals surface area contributed by atoms with Crippen molar-refractivity contribution in [2.75, 3.05) is 0 Å². The van der Waals surface area contributed by atoms with Crippen LogP contribution in [0.5, 0.6) is 5.75 Å². The fraction of sp³-hybridized carbons (Fsp3) is 0.278. The van der Waals surface area contributed by atoms with Crippen LogP contribution in [0.1, 0.15) is 33.8 Å². The zero-order valence-electron chi connectivity index (χ0n) is 14.8. The quantitative estimate of drug-likeness (QED) is 0.721. The van der Waals surface area contributed by atoms with Crippen molar-refractivity contribution in [2.24, 2.45) is 7.05 Å². The molecule has 3 rings (SSSR count). The van der Waals surface area contributed by atoms with Crippen LogP contribution in [0, 0.1) is 6.92 Å². The highest BCUT2D eigenvalue weighted by atomic mass is 32.1. The van der Waals surface area contributed by atoms with Gasteiger partial charge in [0.1, 0.15) is 10.6 Å². The van der Waals surface area contributed by atoms with E-state index in [0.717, 1.165) is 16.9 Å². The van der Waals surface area contributed by atoms with E-state index in [1.54, 1.807) is 33.0 Å². The lowest BCUT2D eigenvalue weighted by atomic mass is 10.1. The third-order valence-corrected chi connectivity index (χ3v) is 5.37. The molecule has 0 saturated carbocycles. The van der Waals surface area contributed by atoms with Gasteiger partial charge in [0.2, 0.25) is 0 Å². The normalized spacial score (nSPS) is 12.4. The highest BCUT2D eigenvalue weighted by molar-refractivity contribution is 7.20. The summed E-state index contributed by atoms with van der Waals surface area (Å²) in [7, 11) is 1.61. The van der Waals surface area contributed by atoms with Crippen LogP contribution in [-0.2, 0) is 7.05 Å². The molecule has 1 aromatic carbocycles. The molecule has 1 amide bonds. The van der Waals surface area contributed by atoms with E-state index in [9.17, 15) is 18.4 Å². The Balaban J connectivity index is 1.81. The van der Waals surface area contributed by atoms with Crippen molar-refractivity contribution in [2.45, 2.75) is 26.5 Å². The van der Waals surface area contributed by atoms with Gasteiger partial charge in [-0.2, -0.15) is 8.78 Å². The van der Waals surface area contributed by atoms with Crippen molar-refractivity contribution < 1.29 is 18.3 Å². The average molecular weight is 393 g/mol. The monoisotopic (exact) mass is 393 g/mol. The lowest BCUT2D eigenvalue weighted by Crippen LogP contribution is -2.26. The molecule has 6 nitrogen and oxygen atoms in total. The molecule has 0 aliphatic heterocycles. The van der Waals surface area contributed by atoms with Crippen LogP contribution in [0.15, 0.2) is 35.4 Å². The zero-order chi connectivity index (χ0) is 19.7. The van der Waals surface area contributed by atoms with Crippen LogP contribution < -0.4 is 15.6 Å². The van der Waals surface area contributed by atoms with E-state index >= 15 is 0 Å². The van der Waals surface area contributed by atoms with Gasteiger partial charge in [-0.25, -0.2) is 4.98 Å². The molecule has 0 fully saturated rings. The van der Waals surface area contributed by atoms with Gasteiger partial charge in [0.15, 0.2) is 0 Å². The molecule has 2 heterocycles. The number of carbonyl (C=O) groups excluding carboxylic acids is 1. The number of hydrogen-bond acceptors (Lipinski definition) is 5. The lowest BCUT2D eigenvalue weighted by Gasteiger charge is -2.14. The molecule has 1 unspecified atom stereocenters. The number of hydrogen-bond donors (Lipinski definition) is 1. The summed E-state index contributed by atoms with van der Waals surface area (Å²) in [6, 6.07) is 5.69. The van der Waals surface area contributed by atoms with Crippen LogP contribution >= 0.6 is 11.3 Å². The van der Waals surface area contributed by atoms with Gasteiger partial charge in [-0.3, -0.25) is 9.59 Å². The summed E-state index contributed by atoms with van der Waals surface area (Å²) in [6.07, 6.45) is 1.42. The number of fused-ring (bicyclic) bond motifs is 1. The molecule has 0 aliphatic rings. The number of benzene rings is 1. The number of halogens is 2. The van der Waals surface area contributed by atoms with E-state index in [2.05, 4.69) is 15.0 Å². The first-order valence-electron chi connectivity index (χ1n) is 8.08. The molecule has 0 aliphatic carbocycles. The van der Waals surface area contributed by atoms with Crippen LogP contribution in [0.25, 0.3) is 10.2 Å². The molecule has 3 aromatic rings. The second-order valence-electron chi connectivity index (χ2n) is 6.04. The third-order valence-electron chi connectivity index (χ3n) is 4.17. The smallest absolute Gasteiger partial charge is 0.387 e. The first-order chi connectivity index (χ1) is 12.8. The minimum atomic E-state index is -2.88.